The van der Waals surface area contributed by atoms with Crippen molar-refractivity contribution in [3.05, 3.63) is 0 Å². The summed E-state index contributed by atoms with van der Waals surface area (Å²) in [4.78, 5) is 0. The molecule has 0 saturated carbocycles. The maximum atomic E-state index is 10.2. The minimum atomic E-state index is -0.417. The van der Waals surface area contributed by atoms with Gasteiger partial charge in [-0.3, -0.25) is 0 Å². The third kappa shape index (κ3) is 80.9. The van der Waals surface area contributed by atoms with Gasteiger partial charge in [-0.1, -0.05) is 253 Å². The van der Waals surface area contributed by atoms with Gasteiger partial charge in [0.05, 0.1) is 0 Å². The molecule has 0 amide bonds. The van der Waals surface area contributed by atoms with Crippen molar-refractivity contribution in [3.63, 3.8) is 0 Å². The van der Waals surface area contributed by atoms with Crippen LogP contribution in [0.15, 0.2) is 0 Å². The summed E-state index contributed by atoms with van der Waals surface area (Å²) >= 11 is 0. The Morgan fingerprint density at radius 2 is 0.375 bits per heavy atom. The summed E-state index contributed by atoms with van der Waals surface area (Å²) in [7, 11) is 0. The summed E-state index contributed by atoms with van der Waals surface area (Å²) in [6.45, 7) is 10.4. The zero-order valence-corrected chi connectivity index (χ0v) is 35.4. The number of hydrogen-bond donors (Lipinski definition) is 0. The van der Waals surface area contributed by atoms with E-state index in [0.29, 0.717) is 0 Å². The SMILES string of the molecule is CC(C)[O-].CCCCCCCCCCCCCC[O-].CCCCCCCCCCCCCC[O-].CCCCCCCCCCCC[O-].[Ti+4]. The van der Waals surface area contributed by atoms with E-state index in [4.69, 9.17) is 0 Å². The summed E-state index contributed by atoms with van der Waals surface area (Å²) in [5.41, 5.74) is 0. The van der Waals surface area contributed by atoms with Gasteiger partial charge in [0.15, 0.2) is 0 Å². The van der Waals surface area contributed by atoms with Gasteiger partial charge in [-0.15, -0.1) is 25.9 Å². The molecule has 0 heterocycles. The van der Waals surface area contributed by atoms with Crippen molar-refractivity contribution in [2.45, 2.75) is 259 Å². The van der Waals surface area contributed by atoms with Crippen LogP contribution in [0.2, 0.25) is 0 Å². The molecule has 0 aromatic carbocycles. The molecule has 290 valence electrons. The Bertz CT molecular complexity index is 388. The normalized spacial score (nSPS) is 10.4. The molecule has 0 atom stereocenters. The maximum Gasteiger partial charge on any atom is 4.00 e. The summed E-state index contributed by atoms with van der Waals surface area (Å²) in [5, 5.41) is 40.0. The maximum absolute atomic E-state index is 10.2. The summed E-state index contributed by atoms with van der Waals surface area (Å²) < 4.78 is 0. The molecule has 0 radical (unpaired) electrons. The van der Waals surface area contributed by atoms with Crippen molar-refractivity contribution in [2.24, 2.45) is 0 Å². The molecule has 5 heteroatoms. The summed E-state index contributed by atoms with van der Waals surface area (Å²) in [5.74, 6) is 0. The summed E-state index contributed by atoms with van der Waals surface area (Å²) in [6.07, 6.45) is 44.4. The van der Waals surface area contributed by atoms with Crippen molar-refractivity contribution in [3.8, 4) is 0 Å². The molecule has 0 N–H and O–H groups in total. The predicted octanol–water partition coefficient (Wildman–Crippen LogP) is 11.1. The molecule has 0 aliphatic carbocycles. The zero-order chi connectivity index (χ0) is 35.7. The molecule has 0 bridgehead atoms. The van der Waals surface area contributed by atoms with Crippen LogP contribution in [-0.4, -0.2) is 25.9 Å². The van der Waals surface area contributed by atoms with Gasteiger partial charge in [-0.05, 0) is 0 Å². The fourth-order valence-electron chi connectivity index (χ4n) is 5.48. The number of unbranched alkanes of at least 4 members (excludes halogenated alkanes) is 31. The van der Waals surface area contributed by atoms with E-state index in [1.165, 1.54) is 180 Å². The van der Waals surface area contributed by atoms with Crippen LogP contribution in [0.1, 0.15) is 253 Å². The van der Waals surface area contributed by atoms with Gasteiger partial charge in [0.2, 0.25) is 0 Å². The molecule has 0 rings (SSSR count). The molecule has 0 saturated heterocycles. The molecule has 0 aliphatic heterocycles. The third-order valence-corrected chi connectivity index (χ3v) is 8.49. The largest absolute Gasteiger partial charge is 4.00 e. The Morgan fingerprint density at radius 3 is 0.479 bits per heavy atom. The van der Waals surface area contributed by atoms with Crippen LogP contribution in [0.3, 0.4) is 0 Å². The van der Waals surface area contributed by atoms with Crippen LogP contribution in [0, 0.1) is 0 Å². The van der Waals surface area contributed by atoms with Gasteiger partial charge in [0.1, 0.15) is 0 Å². The van der Waals surface area contributed by atoms with Crippen molar-refractivity contribution in [1.82, 2.24) is 0 Å². The minimum absolute atomic E-state index is 0. The molecule has 0 aromatic rings. The van der Waals surface area contributed by atoms with Gasteiger partial charge >= 0.3 is 21.7 Å². The van der Waals surface area contributed by atoms with E-state index in [-0.39, 0.29) is 41.5 Å². The van der Waals surface area contributed by atoms with Crippen LogP contribution >= 0.6 is 0 Å². The fraction of sp³-hybridized carbons (Fsp3) is 1.00. The fourth-order valence-corrected chi connectivity index (χ4v) is 5.48. The van der Waals surface area contributed by atoms with Crippen LogP contribution in [0.25, 0.3) is 0 Å². The molecule has 0 aromatic heterocycles. The van der Waals surface area contributed by atoms with E-state index in [2.05, 4.69) is 20.8 Å². The Morgan fingerprint density at radius 1 is 0.271 bits per heavy atom. The Hall–Kier alpha value is 0.554. The average molecular weight is 719 g/mol. The summed E-state index contributed by atoms with van der Waals surface area (Å²) in [6, 6.07) is 0. The van der Waals surface area contributed by atoms with Crippen LogP contribution in [0.4, 0.5) is 0 Å². The van der Waals surface area contributed by atoms with E-state index in [9.17, 15) is 20.4 Å². The minimum Gasteiger partial charge on any atom is -0.854 e. The molecular weight excluding hydrogens is 628 g/mol. The molecule has 4 nitrogen and oxygen atoms in total. The molecule has 48 heavy (non-hydrogen) atoms. The van der Waals surface area contributed by atoms with E-state index in [0.717, 1.165) is 38.5 Å². The zero-order valence-electron chi connectivity index (χ0n) is 33.9. The molecule has 0 fully saturated rings. The third-order valence-electron chi connectivity index (χ3n) is 8.49. The molecule has 0 aliphatic rings. The van der Waals surface area contributed by atoms with Crippen molar-refractivity contribution in [1.29, 1.82) is 0 Å². The predicted molar refractivity (Wildman–Crippen MR) is 204 cm³/mol. The van der Waals surface area contributed by atoms with Crippen LogP contribution in [-0.2, 0) is 21.7 Å². The van der Waals surface area contributed by atoms with Gasteiger partial charge in [-0.2, -0.15) is 0 Å². The van der Waals surface area contributed by atoms with E-state index >= 15 is 0 Å². The smallest absolute Gasteiger partial charge is 0.854 e. The average Bonchev–Trinajstić information content (AvgIpc) is 3.06. The second-order valence-corrected chi connectivity index (χ2v) is 14.1. The van der Waals surface area contributed by atoms with E-state index in [1.807, 2.05) is 0 Å². The van der Waals surface area contributed by atoms with Gasteiger partial charge in [0.25, 0.3) is 0 Å². The van der Waals surface area contributed by atoms with E-state index in [1.54, 1.807) is 13.8 Å². The first-order chi connectivity index (χ1) is 23.0. The second kappa shape index (κ2) is 62.7. The van der Waals surface area contributed by atoms with Crippen LogP contribution < -0.4 is 20.4 Å². The topological polar surface area (TPSA) is 92.2 Å². The first-order valence-corrected chi connectivity index (χ1v) is 21.4. The Labute approximate surface area is 319 Å². The number of hydrogen-bond acceptors (Lipinski definition) is 4. The molecular formula is C43H90O4Ti. The second-order valence-electron chi connectivity index (χ2n) is 14.1. The quantitative estimate of drug-likeness (QED) is 0.0489. The Kier molecular flexibility index (Phi) is 75.6. The molecule has 0 unspecified atom stereocenters. The first kappa shape index (κ1) is 57.9. The van der Waals surface area contributed by atoms with Crippen LogP contribution in [0.5, 0.6) is 0 Å². The number of rotatable bonds is 34. The molecule has 0 spiro atoms. The van der Waals surface area contributed by atoms with Gasteiger partial charge < -0.3 is 20.4 Å². The van der Waals surface area contributed by atoms with E-state index < -0.39 is 6.10 Å². The van der Waals surface area contributed by atoms with Gasteiger partial charge in [0, 0.05) is 0 Å². The van der Waals surface area contributed by atoms with Crippen molar-refractivity contribution >= 4 is 0 Å². The standard InChI is InChI=1S/2C14H29O.C12H25O.C3H7O.Ti/c2*1-2-3-4-5-6-7-8-9-10-11-12-13-14-15;1-2-3-4-5-6-7-8-9-10-11-12-13;1-3(2)4;/h2*2-14H2,1H3;2-12H2,1H3;3H,1-2H3;/q4*-1;+4. The van der Waals surface area contributed by atoms with Crippen molar-refractivity contribution in [2.75, 3.05) is 19.8 Å². The first-order valence-electron chi connectivity index (χ1n) is 21.4. The van der Waals surface area contributed by atoms with Gasteiger partial charge in [-0.25, -0.2) is 0 Å². The Balaban J connectivity index is -0.000000181. The van der Waals surface area contributed by atoms with Crippen molar-refractivity contribution < 1.29 is 42.1 Å². The monoisotopic (exact) mass is 719 g/mol.